The van der Waals surface area contributed by atoms with Crippen LogP contribution < -0.4 is 5.48 Å². The van der Waals surface area contributed by atoms with Gasteiger partial charge in [-0.3, -0.25) is 0 Å². The first-order valence-corrected chi connectivity index (χ1v) is 3.96. The van der Waals surface area contributed by atoms with Crippen molar-refractivity contribution in [2.75, 3.05) is 12.6 Å². The Kier molecular flexibility index (Phi) is 3.25. The topological polar surface area (TPSA) is 61.4 Å². The molecule has 0 spiro atoms. The third-order valence-electron chi connectivity index (χ3n) is 1.79. The van der Waals surface area contributed by atoms with E-state index in [9.17, 15) is 10.0 Å². The van der Waals surface area contributed by atoms with E-state index in [1.807, 2.05) is 0 Å². The van der Waals surface area contributed by atoms with Crippen LogP contribution >= 0.6 is 0 Å². The van der Waals surface area contributed by atoms with E-state index in [2.05, 4.69) is 11.3 Å². The molecule has 14 heavy (non-hydrogen) atoms. The van der Waals surface area contributed by atoms with Gasteiger partial charge in [0.2, 0.25) is 0 Å². The van der Waals surface area contributed by atoms with Crippen LogP contribution in [0.5, 0.6) is 0 Å². The van der Waals surface area contributed by atoms with Gasteiger partial charge in [-0.25, -0.2) is 4.79 Å². The lowest BCUT2D eigenvalue weighted by atomic mass is 10.1. The highest BCUT2D eigenvalue weighted by molar-refractivity contribution is 5.96. The Balaban J connectivity index is 3.17. The monoisotopic (exact) mass is 192 g/mol. The summed E-state index contributed by atoms with van der Waals surface area (Å²) in [5, 5.41) is 10.5. The maximum atomic E-state index is 11.2. The molecule has 0 aliphatic heterocycles. The van der Waals surface area contributed by atoms with Crippen LogP contribution in [0.15, 0.2) is 24.8 Å². The number of nitrogens with one attached hydrogen (secondary N) is 1. The Bertz CT molecular complexity index is 360. The lowest BCUT2D eigenvalue weighted by molar-refractivity contribution is 0.0602. The van der Waals surface area contributed by atoms with Gasteiger partial charge >= 0.3 is 5.97 Å². The molecule has 74 valence electrons. The van der Waals surface area contributed by atoms with E-state index in [-0.39, 0.29) is 11.3 Å². The molecule has 0 saturated heterocycles. The Hall–Kier alpha value is -1.81. The molecule has 0 aliphatic carbocycles. The van der Waals surface area contributed by atoms with E-state index >= 15 is 0 Å². The highest BCUT2D eigenvalue weighted by Gasteiger charge is 2.09. The second-order valence-corrected chi connectivity index (χ2v) is 2.60. The fraction of sp³-hybridized carbons (Fsp3) is 0.100. The predicted molar refractivity (Wildman–Crippen MR) is 54.9 cm³/mol. The van der Waals surface area contributed by atoms with Crippen molar-refractivity contribution in [3.05, 3.63) is 41.1 Å². The van der Waals surface area contributed by atoms with Crippen LogP contribution in [0.2, 0.25) is 0 Å². The van der Waals surface area contributed by atoms with Crippen LogP contribution in [0.25, 0.3) is 6.08 Å². The smallest absolute Gasteiger partial charge is 0.339 e. The summed E-state index contributed by atoms with van der Waals surface area (Å²) in [6, 6.07) is 4.73. The van der Waals surface area contributed by atoms with Crippen molar-refractivity contribution in [2.45, 2.75) is 0 Å². The normalized spacial score (nSPS) is 9.29. The van der Waals surface area contributed by atoms with Gasteiger partial charge in [0.15, 0.2) is 0 Å². The van der Waals surface area contributed by atoms with Crippen LogP contribution in [0.4, 0.5) is 5.69 Å². The van der Waals surface area contributed by atoms with Gasteiger partial charge in [0, 0.05) is 5.69 Å². The highest BCUT2D eigenvalue weighted by Crippen LogP contribution is 2.18. The fourth-order valence-electron chi connectivity index (χ4n) is 1.06. The molecule has 0 bridgehead atoms. The molecule has 0 amide bonds. The minimum Gasteiger partial charge on any atom is -0.761 e. The summed E-state index contributed by atoms with van der Waals surface area (Å²) < 4.78 is 4.51. The van der Waals surface area contributed by atoms with Crippen molar-refractivity contribution < 1.29 is 9.53 Å². The molecule has 0 fully saturated rings. The number of rotatable bonds is 3. The maximum Gasteiger partial charge on any atom is 0.339 e. The molecule has 0 heterocycles. The van der Waals surface area contributed by atoms with Gasteiger partial charge in [-0.05, 0) is 17.7 Å². The van der Waals surface area contributed by atoms with Gasteiger partial charge in [-0.15, -0.1) is 0 Å². The van der Waals surface area contributed by atoms with E-state index in [1.54, 1.807) is 17.6 Å². The summed E-state index contributed by atoms with van der Waals surface area (Å²) >= 11 is 0. The molecule has 1 rings (SSSR count). The lowest BCUT2D eigenvalue weighted by Gasteiger charge is -2.14. The van der Waals surface area contributed by atoms with Crippen molar-refractivity contribution >= 4 is 17.7 Å². The molecule has 1 N–H and O–H groups in total. The summed E-state index contributed by atoms with van der Waals surface area (Å²) in [4.78, 5) is 11.2. The minimum absolute atomic E-state index is 0.189. The first-order chi connectivity index (χ1) is 6.72. The fourth-order valence-corrected chi connectivity index (χ4v) is 1.06. The number of anilines is 1. The third kappa shape index (κ3) is 1.92. The molecule has 0 radical (unpaired) electrons. The average Bonchev–Trinajstić information content (AvgIpc) is 2.27. The number of esters is 1. The van der Waals surface area contributed by atoms with Crippen molar-refractivity contribution in [1.82, 2.24) is 0 Å². The van der Waals surface area contributed by atoms with Crippen molar-refractivity contribution in [2.24, 2.45) is 0 Å². The quantitative estimate of drug-likeness (QED) is 0.588. The number of hydrogen-bond donors (Lipinski definition) is 1. The van der Waals surface area contributed by atoms with Crippen LogP contribution in [0, 0.1) is 5.21 Å². The molecule has 0 unspecified atom stereocenters. The predicted octanol–water partition coefficient (Wildman–Crippen LogP) is 2.03. The molecule has 0 aliphatic rings. The van der Waals surface area contributed by atoms with E-state index in [0.29, 0.717) is 0 Å². The number of benzene rings is 1. The standard InChI is InChI=1S/C10H10NO3/c1-3-7-4-5-8(10(12)14-2)9(6-7)11-13/h3-6,11H,1H2,2H3/q-1. The number of methoxy groups -OCH3 is 1. The zero-order valence-corrected chi connectivity index (χ0v) is 7.74. The van der Waals surface area contributed by atoms with E-state index in [4.69, 9.17) is 0 Å². The molecule has 0 aromatic heterocycles. The molecule has 1 aromatic carbocycles. The Labute approximate surface area is 81.8 Å². The van der Waals surface area contributed by atoms with E-state index < -0.39 is 5.97 Å². The van der Waals surface area contributed by atoms with Crippen molar-refractivity contribution in [3.63, 3.8) is 0 Å². The van der Waals surface area contributed by atoms with Crippen LogP contribution in [-0.4, -0.2) is 13.1 Å². The largest absolute Gasteiger partial charge is 0.761 e. The first kappa shape index (κ1) is 10.3. The van der Waals surface area contributed by atoms with Gasteiger partial charge in [0.1, 0.15) is 0 Å². The molecule has 0 atom stereocenters. The third-order valence-corrected chi connectivity index (χ3v) is 1.79. The van der Waals surface area contributed by atoms with Crippen LogP contribution in [0.1, 0.15) is 15.9 Å². The summed E-state index contributed by atoms with van der Waals surface area (Å²) in [7, 11) is 1.26. The molecule has 1 aromatic rings. The zero-order valence-electron chi connectivity index (χ0n) is 7.74. The zero-order chi connectivity index (χ0) is 10.6. The molecular formula is C10H10NO3-. The second kappa shape index (κ2) is 4.43. The molecule has 0 saturated carbocycles. The average molecular weight is 192 g/mol. The van der Waals surface area contributed by atoms with E-state index in [1.165, 1.54) is 19.2 Å². The Morgan fingerprint density at radius 3 is 2.86 bits per heavy atom. The van der Waals surface area contributed by atoms with Crippen molar-refractivity contribution in [1.29, 1.82) is 0 Å². The van der Waals surface area contributed by atoms with Crippen LogP contribution in [-0.2, 0) is 4.74 Å². The first-order valence-electron chi connectivity index (χ1n) is 3.96. The number of carbonyl (C=O) groups excluding carboxylic acids is 1. The van der Waals surface area contributed by atoms with Gasteiger partial charge in [-0.1, -0.05) is 18.7 Å². The highest BCUT2D eigenvalue weighted by atomic mass is 16.5. The second-order valence-electron chi connectivity index (χ2n) is 2.60. The Morgan fingerprint density at radius 1 is 1.64 bits per heavy atom. The summed E-state index contributed by atoms with van der Waals surface area (Å²) in [5.74, 6) is -0.543. The van der Waals surface area contributed by atoms with Gasteiger partial charge < -0.3 is 15.4 Å². The van der Waals surface area contributed by atoms with Crippen molar-refractivity contribution in [3.8, 4) is 0 Å². The summed E-state index contributed by atoms with van der Waals surface area (Å²) in [6.07, 6.45) is 1.59. The van der Waals surface area contributed by atoms with Crippen LogP contribution in [0.3, 0.4) is 0 Å². The number of carbonyl (C=O) groups is 1. The molecule has 4 heteroatoms. The molecule has 4 nitrogen and oxygen atoms in total. The Morgan fingerprint density at radius 2 is 2.36 bits per heavy atom. The summed E-state index contributed by atoms with van der Waals surface area (Å²) in [5.41, 5.74) is 2.85. The molecular weight excluding hydrogens is 182 g/mol. The SMILES string of the molecule is C=Cc1ccc(C(=O)OC)c(N[O-])c1. The van der Waals surface area contributed by atoms with Gasteiger partial charge in [0.25, 0.3) is 0 Å². The van der Waals surface area contributed by atoms with Gasteiger partial charge in [0.05, 0.1) is 12.7 Å². The maximum absolute atomic E-state index is 11.2. The lowest BCUT2D eigenvalue weighted by Crippen LogP contribution is -2.05. The number of ether oxygens (including phenoxy) is 1. The minimum atomic E-state index is -0.543. The number of hydrogen-bond acceptors (Lipinski definition) is 4. The summed E-state index contributed by atoms with van der Waals surface area (Å²) in [6.45, 7) is 3.56. The van der Waals surface area contributed by atoms with Gasteiger partial charge in [-0.2, -0.15) is 0 Å². The van der Waals surface area contributed by atoms with E-state index in [0.717, 1.165) is 5.56 Å².